The molecule has 0 aromatic rings. The van der Waals surface area contributed by atoms with Crippen molar-refractivity contribution in [3.8, 4) is 0 Å². The second-order valence-corrected chi connectivity index (χ2v) is 4.92. The lowest BCUT2D eigenvalue weighted by Crippen LogP contribution is -2.56. The maximum Gasteiger partial charge on any atom is 0.240 e. The van der Waals surface area contributed by atoms with Gasteiger partial charge in [0, 0.05) is 33.2 Å². The average molecular weight is 227 g/mol. The summed E-state index contributed by atoms with van der Waals surface area (Å²) in [6, 6.07) is -0.0799. The van der Waals surface area contributed by atoms with Crippen molar-refractivity contribution in [3.63, 3.8) is 0 Å². The number of rotatable bonds is 3. The van der Waals surface area contributed by atoms with Gasteiger partial charge in [-0.05, 0) is 18.8 Å². The average Bonchev–Trinajstić information content (AvgIpc) is 2.27. The van der Waals surface area contributed by atoms with E-state index in [-0.39, 0.29) is 18.1 Å². The molecule has 3 N–H and O–H groups in total. The molecule has 1 unspecified atom stereocenters. The van der Waals surface area contributed by atoms with Crippen LogP contribution in [0.2, 0.25) is 0 Å². The number of aliphatic hydroxyl groups is 1. The van der Waals surface area contributed by atoms with Crippen molar-refractivity contribution in [2.45, 2.75) is 25.0 Å². The number of carbonyl (C=O) groups is 1. The molecular formula is C11H21N3O2. The summed E-state index contributed by atoms with van der Waals surface area (Å²) < 4.78 is 0. The van der Waals surface area contributed by atoms with Crippen molar-refractivity contribution in [1.82, 2.24) is 15.5 Å². The Labute approximate surface area is 96.2 Å². The van der Waals surface area contributed by atoms with E-state index in [1.54, 1.807) is 4.90 Å². The normalized spacial score (nSPS) is 34.2. The minimum absolute atomic E-state index is 0.0799. The summed E-state index contributed by atoms with van der Waals surface area (Å²) in [4.78, 5) is 13.8. The molecule has 1 amide bonds. The second kappa shape index (κ2) is 5.12. The minimum Gasteiger partial charge on any atom is -0.393 e. The van der Waals surface area contributed by atoms with Crippen molar-refractivity contribution >= 4 is 5.91 Å². The molecule has 2 aliphatic rings. The Kier molecular flexibility index (Phi) is 3.78. The van der Waals surface area contributed by atoms with Crippen LogP contribution in [0.4, 0.5) is 0 Å². The Balaban J connectivity index is 1.74. The zero-order valence-electron chi connectivity index (χ0n) is 9.78. The lowest BCUT2D eigenvalue weighted by molar-refractivity contribution is -0.134. The highest BCUT2D eigenvalue weighted by Gasteiger charge is 2.31. The number of piperazine rings is 1. The predicted molar refractivity (Wildman–Crippen MR) is 61.0 cm³/mol. The number of hydrogen-bond acceptors (Lipinski definition) is 4. The van der Waals surface area contributed by atoms with Crippen molar-refractivity contribution in [3.05, 3.63) is 0 Å². The Morgan fingerprint density at radius 3 is 2.75 bits per heavy atom. The van der Waals surface area contributed by atoms with Gasteiger partial charge in [-0.25, -0.2) is 0 Å². The van der Waals surface area contributed by atoms with Gasteiger partial charge in [0.2, 0.25) is 5.91 Å². The fourth-order valence-corrected chi connectivity index (χ4v) is 2.42. The number of carbonyl (C=O) groups excluding carboxylic acids is 1. The van der Waals surface area contributed by atoms with Crippen LogP contribution in [0, 0.1) is 5.92 Å². The number of likely N-dealkylation sites (N-methyl/N-ethyl adjacent to an activating group) is 1. The molecule has 1 saturated carbocycles. The third-order valence-corrected chi connectivity index (χ3v) is 3.46. The maximum atomic E-state index is 12.0. The molecule has 5 nitrogen and oxygen atoms in total. The van der Waals surface area contributed by atoms with Crippen LogP contribution >= 0.6 is 0 Å². The van der Waals surface area contributed by atoms with Gasteiger partial charge in [0.25, 0.3) is 0 Å². The van der Waals surface area contributed by atoms with E-state index in [1.807, 2.05) is 7.05 Å². The van der Waals surface area contributed by atoms with E-state index in [0.29, 0.717) is 5.92 Å². The molecule has 1 heterocycles. The van der Waals surface area contributed by atoms with Gasteiger partial charge in [-0.3, -0.25) is 4.79 Å². The van der Waals surface area contributed by atoms with Crippen molar-refractivity contribution in [1.29, 1.82) is 0 Å². The first kappa shape index (κ1) is 11.8. The first-order valence-corrected chi connectivity index (χ1v) is 6.04. The Morgan fingerprint density at radius 2 is 2.19 bits per heavy atom. The van der Waals surface area contributed by atoms with E-state index in [2.05, 4.69) is 10.6 Å². The van der Waals surface area contributed by atoms with Crippen molar-refractivity contribution in [2.24, 2.45) is 5.92 Å². The van der Waals surface area contributed by atoms with Gasteiger partial charge < -0.3 is 20.6 Å². The van der Waals surface area contributed by atoms with E-state index >= 15 is 0 Å². The molecule has 2 rings (SSSR count). The molecule has 0 radical (unpaired) electrons. The van der Waals surface area contributed by atoms with Crippen LogP contribution in [-0.2, 0) is 4.79 Å². The number of nitrogens with zero attached hydrogens (tertiary/aromatic N) is 1. The van der Waals surface area contributed by atoms with E-state index in [4.69, 9.17) is 0 Å². The molecule has 1 aliphatic carbocycles. The molecule has 0 aromatic carbocycles. The van der Waals surface area contributed by atoms with Gasteiger partial charge >= 0.3 is 0 Å². The number of hydrogen-bond donors (Lipinski definition) is 3. The smallest absolute Gasteiger partial charge is 0.240 e. The van der Waals surface area contributed by atoms with E-state index in [0.717, 1.165) is 39.0 Å². The third-order valence-electron chi connectivity index (χ3n) is 3.46. The highest BCUT2D eigenvalue weighted by Crippen LogP contribution is 2.27. The van der Waals surface area contributed by atoms with Crippen LogP contribution in [0.3, 0.4) is 0 Å². The molecule has 0 spiro atoms. The van der Waals surface area contributed by atoms with Gasteiger partial charge in [-0.15, -0.1) is 0 Å². The molecule has 1 aliphatic heterocycles. The number of amides is 1. The Morgan fingerprint density at radius 1 is 1.44 bits per heavy atom. The molecule has 5 heteroatoms. The Bertz CT molecular complexity index is 248. The van der Waals surface area contributed by atoms with Gasteiger partial charge in [0.1, 0.15) is 0 Å². The summed E-state index contributed by atoms with van der Waals surface area (Å²) in [5.74, 6) is 0.647. The lowest BCUT2D eigenvalue weighted by atomic mass is 9.82. The Hall–Kier alpha value is -0.650. The standard InChI is InChI=1S/C11H21N3O2/c1-14(7-8-4-9(15)5-8)11(16)10-6-12-2-3-13-10/h8-10,12-13,15H,2-7H2,1H3. The molecule has 0 bridgehead atoms. The summed E-state index contributed by atoms with van der Waals surface area (Å²) in [5.41, 5.74) is 0. The van der Waals surface area contributed by atoms with Crippen molar-refractivity contribution < 1.29 is 9.90 Å². The van der Waals surface area contributed by atoms with Gasteiger partial charge in [-0.1, -0.05) is 0 Å². The number of nitrogens with one attached hydrogen (secondary N) is 2. The zero-order valence-corrected chi connectivity index (χ0v) is 9.78. The summed E-state index contributed by atoms with van der Waals surface area (Å²) in [7, 11) is 1.85. The van der Waals surface area contributed by atoms with Crippen LogP contribution in [0.1, 0.15) is 12.8 Å². The zero-order chi connectivity index (χ0) is 11.5. The molecule has 1 atom stereocenters. The summed E-state index contributed by atoms with van der Waals surface area (Å²) in [5, 5.41) is 15.6. The lowest BCUT2D eigenvalue weighted by Gasteiger charge is -2.36. The summed E-state index contributed by atoms with van der Waals surface area (Å²) in [6.45, 7) is 3.28. The first-order chi connectivity index (χ1) is 7.66. The summed E-state index contributed by atoms with van der Waals surface area (Å²) in [6.07, 6.45) is 1.55. The van der Waals surface area contributed by atoms with Crippen LogP contribution in [0.5, 0.6) is 0 Å². The third kappa shape index (κ3) is 2.72. The predicted octanol–water partition coefficient (Wildman–Crippen LogP) is -1.22. The highest BCUT2D eigenvalue weighted by molar-refractivity contribution is 5.82. The van der Waals surface area contributed by atoms with Gasteiger partial charge in [0.15, 0.2) is 0 Å². The highest BCUT2D eigenvalue weighted by atomic mass is 16.3. The molecule has 92 valence electrons. The fraction of sp³-hybridized carbons (Fsp3) is 0.909. The van der Waals surface area contributed by atoms with Crippen molar-refractivity contribution in [2.75, 3.05) is 33.2 Å². The maximum absolute atomic E-state index is 12.0. The fourth-order valence-electron chi connectivity index (χ4n) is 2.42. The van der Waals surface area contributed by atoms with Gasteiger partial charge in [0.05, 0.1) is 12.1 Å². The molecule has 16 heavy (non-hydrogen) atoms. The topological polar surface area (TPSA) is 64.6 Å². The quantitative estimate of drug-likeness (QED) is 0.565. The van der Waals surface area contributed by atoms with Crippen LogP contribution < -0.4 is 10.6 Å². The van der Waals surface area contributed by atoms with Crippen LogP contribution in [0.15, 0.2) is 0 Å². The molecular weight excluding hydrogens is 206 g/mol. The first-order valence-electron chi connectivity index (χ1n) is 6.04. The van der Waals surface area contributed by atoms with E-state index in [1.165, 1.54) is 0 Å². The van der Waals surface area contributed by atoms with Gasteiger partial charge in [-0.2, -0.15) is 0 Å². The monoisotopic (exact) mass is 227 g/mol. The molecule has 0 aromatic heterocycles. The van der Waals surface area contributed by atoms with E-state index in [9.17, 15) is 9.90 Å². The van der Waals surface area contributed by atoms with Crippen LogP contribution in [0.25, 0.3) is 0 Å². The minimum atomic E-state index is -0.136. The van der Waals surface area contributed by atoms with Crippen LogP contribution in [-0.4, -0.2) is 61.3 Å². The second-order valence-electron chi connectivity index (χ2n) is 4.92. The molecule has 2 fully saturated rings. The van der Waals surface area contributed by atoms with E-state index < -0.39 is 0 Å². The SMILES string of the molecule is CN(CC1CC(O)C1)C(=O)C1CNCCN1. The summed E-state index contributed by atoms with van der Waals surface area (Å²) >= 11 is 0. The molecule has 1 saturated heterocycles. The largest absolute Gasteiger partial charge is 0.393 e. The number of aliphatic hydroxyl groups excluding tert-OH is 1.